The lowest BCUT2D eigenvalue weighted by atomic mass is 9.79. The highest BCUT2D eigenvalue weighted by Gasteiger charge is 2.58. The average Bonchev–Trinajstić information content (AvgIpc) is 3.51. The maximum absolute atomic E-state index is 17.7. The predicted molar refractivity (Wildman–Crippen MR) is 176 cm³/mol. The number of fused-ring (bicyclic) bond motifs is 5. The number of nitrogens with zero attached hydrogens (tertiary/aromatic N) is 2. The third-order valence-corrected chi connectivity index (χ3v) is 9.75. The Labute approximate surface area is 271 Å². The second kappa shape index (κ2) is 12.3. The Morgan fingerprint density at radius 3 is 2.07 bits per heavy atom. The highest BCUT2D eigenvalue weighted by molar-refractivity contribution is 9.10. The summed E-state index contributed by atoms with van der Waals surface area (Å²) < 4.78 is 48.9. The molecule has 0 bridgehead atoms. The third-order valence-electron chi connectivity index (χ3n) is 9.30. The molecule has 1 aromatic carbocycles. The first kappa shape index (κ1) is 31.5. The molecule has 2 aliphatic carbocycles. The van der Waals surface area contributed by atoms with E-state index < -0.39 is 18.9 Å². The van der Waals surface area contributed by atoms with Crippen molar-refractivity contribution in [2.24, 2.45) is 0 Å². The van der Waals surface area contributed by atoms with Crippen molar-refractivity contribution in [3.8, 4) is 0 Å². The summed E-state index contributed by atoms with van der Waals surface area (Å²) in [5.41, 5.74) is 9.09. The number of hydrogen-bond acceptors (Lipinski definition) is 4. The fourth-order valence-electron chi connectivity index (χ4n) is 7.72. The summed E-state index contributed by atoms with van der Waals surface area (Å²) in [6.07, 6.45) is 11.8. The van der Waals surface area contributed by atoms with Gasteiger partial charge in [0.1, 0.15) is 0 Å². The zero-order chi connectivity index (χ0) is 32.0. The Balaban J connectivity index is 1.76. The number of carbonyl (C=O) groups excluding carboxylic acids is 2. The summed E-state index contributed by atoms with van der Waals surface area (Å²) in [6, 6.07) is 4.08. The number of benzene rings is 1. The standard InChI is InChI=1S/C35H38BBrF2N2O4/c1-5-44-30(42)17-15-28-24-11-7-9-13-26(24)34-33(32-21(3)19-23(37)20-22(32)4)35-27-14-10-8-12-25(27)29(16-18-31(43)45-6-2)41(35)36(38,39)40(28)34/h15-20H,5-14H2,1-4H3/b17-15+,18-16+. The van der Waals surface area contributed by atoms with Crippen LogP contribution in [-0.4, -0.2) is 46.8 Å². The van der Waals surface area contributed by atoms with Crippen LogP contribution in [0.1, 0.15) is 91.6 Å². The molecule has 6 rings (SSSR count). The number of aromatic nitrogens is 1. The number of carbonyl (C=O) groups is 2. The fourth-order valence-corrected chi connectivity index (χ4v) is 8.40. The van der Waals surface area contributed by atoms with Crippen LogP contribution in [0.3, 0.4) is 0 Å². The van der Waals surface area contributed by atoms with Crippen molar-refractivity contribution < 1.29 is 32.2 Å². The van der Waals surface area contributed by atoms with Crippen LogP contribution in [0.2, 0.25) is 0 Å². The summed E-state index contributed by atoms with van der Waals surface area (Å²) >= 11 is 3.63. The molecule has 0 amide bonds. The average molecular weight is 679 g/mol. The van der Waals surface area contributed by atoms with Gasteiger partial charge >= 0.3 is 18.9 Å². The quantitative estimate of drug-likeness (QED) is 0.171. The van der Waals surface area contributed by atoms with Crippen molar-refractivity contribution in [2.75, 3.05) is 13.2 Å². The molecule has 0 atom stereocenters. The lowest BCUT2D eigenvalue weighted by Gasteiger charge is -2.35. The van der Waals surface area contributed by atoms with E-state index in [0.29, 0.717) is 48.5 Å². The van der Waals surface area contributed by atoms with Crippen LogP contribution in [0.4, 0.5) is 8.63 Å². The molecule has 0 saturated carbocycles. The maximum Gasteiger partial charge on any atom is 0.737 e. The van der Waals surface area contributed by atoms with E-state index in [9.17, 15) is 9.59 Å². The highest BCUT2D eigenvalue weighted by Crippen LogP contribution is 2.52. The van der Waals surface area contributed by atoms with Gasteiger partial charge in [0.05, 0.1) is 18.8 Å². The van der Waals surface area contributed by atoms with Gasteiger partial charge in [0, 0.05) is 45.2 Å². The first-order valence-corrected chi connectivity index (χ1v) is 16.8. The summed E-state index contributed by atoms with van der Waals surface area (Å²) in [6.45, 7) is 3.44. The predicted octanol–water partition coefficient (Wildman–Crippen LogP) is 7.78. The minimum atomic E-state index is -4.45. The lowest BCUT2D eigenvalue weighted by Crippen LogP contribution is -2.52. The van der Waals surface area contributed by atoms with E-state index in [1.54, 1.807) is 13.8 Å². The van der Waals surface area contributed by atoms with E-state index >= 15 is 8.63 Å². The number of halogens is 3. The number of ether oxygens (including phenoxy) is 2. The molecule has 236 valence electrons. The van der Waals surface area contributed by atoms with E-state index in [2.05, 4.69) is 15.9 Å². The second-order valence-corrected chi connectivity index (χ2v) is 13.0. The molecule has 0 saturated heterocycles. The van der Waals surface area contributed by atoms with Gasteiger partial charge in [0.25, 0.3) is 0 Å². The molecule has 45 heavy (non-hydrogen) atoms. The molecule has 6 nitrogen and oxygen atoms in total. The van der Waals surface area contributed by atoms with Gasteiger partial charge in [-0.3, -0.25) is 0 Å². The van der Waals surface area contributed by atoms with Gasteiger partial charge in [0.15, 0.2) is 11.4 Å². The van der Waals surface area contributed by atoms with Crippen molar-refractivity contribution in [1.29, 1.82) is 0 Å². The van der Waals surface area contributed by atoms with E-state index in [1.807, 2.05) is 26.0 Å². The largest absolute Gasteiger partial charge is 0.737 e. The molecular weight excluding hydrogens is 641 g/mol. The van der Waals surface area contributed by atoms with E-state index in [1.165, 1.54) is 33.3 Å². The second-order valence-electron chi connectivity index (χ2n) is 12.1. The van der Waals surface area contributed by atoms with Gasteiger partial charge in [0.2, 0.25) is 0 Å². The van der Waals surface area contributed by atoms with Gasteiger partial charge < -0.3 is 27.1 Å². The first-order chi connectivity index (χ1) is 21.6. The molecule has 0 N–H and O–H groups in total. The molecule has 4 aliphatic rings. The smallest absolute Gasteiger partial charge is 0.463 e. The monoisotopic (exact) mass is 678 g/mol. The Kier molecular flexibility index (Phi) is 8.63. The van der Waals surface area contributed by atoms with Crippen LogP contribution in [-0.2, 0) is 31.9 Å². The molecule has 3 heterocycles. The lowest BCUT2D eigenvalue weighted by molar-refractivity contribution is -0.362. The molecule has 0 unspecified atom stereocenters. The fraction of sp³-hybridized carbons (Fsp3) is 0.400. The Hall–Kier alpha value is -3.53. The Morgan fingerprint density at radius 1 is 0.889 bits per heavy atom. The minimum absolute atomic E-state index is 0.197. The zero-order valence-electron chi connectivity index (χ0n) is 26.3. The normalized spacial score (nSPS) is 18.8. The maximum atomic E-state index is 17.7. The highest BCUT2D eigenvalue weighted by atomic mass is 79.9. The third kappa shape index (κ3) is 5.29. The van der Waals surface area contributed by atoms with E-state index in [0.717, 1.165) is 74.7 Å². The van der Waals surface area contributed by atoms with Crippen LogP contribution in [0.25, 0.3) is 11.6 Å². The van der Waals surface area contributed by atoms with Crippen LogP contribution < -0.4 is 0 Å². The van der Waals surface area contributed by atoms with Crippen molar-refractivity contribution in [2.45, 2.75) is 79.1 Å². The number of esters is 2. The zero-order valence-corrected chi connectivity index (χ0v) is 27.9. The molecular formula is C35H38BBrF2N2O4. The van der Waals surface area contributed by atoms with Crippen molar-refractivity contribution in [1.82, 2.24) is 4.48 Å². The number of allylic oxidation sites excluding steroid dienone is 3. The minimum Gasteiger partial charge on any atom is -0.463 e. The Morgan fingerprint density at radius 2 is 1.44 bits per heavy atom. The SMILES string of the molecule is CCOC(=O)/C=C/C1=[N+]2C(=C(c3c(C)cc(Br)cc3C)c3c4c(c(/C=C/C(=O)OCC)n3[B-]2(F)F)CCCC4)C2=C1CCCC2. The summed E-state index contributed by atoms with van der Waals surface area (Å²) in [5.74, 6) is -1.13. The van der Waals surface area contributed by atoms with E-state index in [-0.39, 0.29) is 13.2 Å². The number of rotatable bonds is 7. The van der Waals surface area contributed by atoms with Gasteiger partial charge in [-0.15, -0.1) is 0 Å². The van der Waals surface area contributed by atoms with Gasteiger partial charge in [-0.1, -0.05) is 15.9 Å². The van der Waals surface area contributed by atoms with Crippen molar-refractivity contribution in [3.63, 3.8) is 0 Å². The van der Waals surface area contributed by atoms with Crippen LogP contribution in [0, 0.1) is 13.8 Å². The molecule has 0 fully saturated rings. The first-order valence-electron chi connectivity index (χ1n) is 16.0. The topological polar surface area (TPSA) is 60.5 Å². The van der Waals surface area contributed by atoms with E-state index in [4.69, 9.17) is 9.47 Å². The van der Waals surface area contributed by atoms with Crippen LogP contribution in [0.15, 0.2) is 51.7 Å². The summed E-state index contributed by atoms with van der Waals surface area (Å²) in [7, 11) is 0. The molecule has 0 spiro atoms. The van der Waals surface area contributed by atoms with Gasteiger partial charge in [-0.05, 0) is 125 Å². The molecule has 2 aliphatic heterocycles. The summed E-state index contributed by atoms with van der Waals surface area (Å²) in [5, 5.41) is 0. The molecule has 2 aromatic rings. The summed E-state index contributed by atoms with van der Waals surface area (Å²) in [4.78, 5) is 24.9. The molecule has 10 heteroatoms. The van der Waals surface area contributed by atoms with Crippen LogP contribution >= 0.6 is 15.9 Å². The van der Waals surface area contributed by atoms with Gasteiger partial charge in [-0.2, -0.15) is 0 Å². The number of hydrogen-bond donors (Lipinski definition) is 0. The number of aryl methyl sites for hydroxylation is 2. The van der Waals surface area contributed by atoms with Crippen molar-refractivity contribution >= 4 is 52.2 Å². The molecule has 1 aromatic heterocycles. The van der Waals surface area contributed by atoms with Crippen molar-refractivity contribution in [3.05, 3.63) is 90.9 Å². The van der Waals surface area contributed by atoms with Gasteiger partial charge in [-0.25, -0.2) is 9.59 Å². The Bertz CT molecular complexity index is 1760. The van der Waals surface area contributed by atoms with Crippen LogP contribution in [0.5, 0.6) is 0 Å². The molecule has 0 radical (unpaired) electrons.